The summed E-state index contributed by atoms with van der Waals surface area (Å²) < 4.78 is 0. The fraction of sp³-hybridized carbons (Fsp3) is 0.389. The number of allylic oxidation sites excluding steroid dienone is 1. The first-order chi connectivity index (χ1) is 12.0. The van der Waals surface area contributed by atoms with Crippen molar-refractivity contribution < 1.29 is 9.59 Å². The molecule has 0 unspecified atom stereocenters. The molecule has 1 aliphatic rings. The van der Waals surface area contributed by atoms with E-state index < -0.39 is 0 Å². The Hall–Kier alpha value is -1.97. The van der Waals surface area contributed by atoms with E-state index in [1.807, 2.05) is 12.1 Å². The third-order valence-electron chi connectivity index (χ3n) is 3.83. The Morgan fingerprint density at radius 3 is 2.80 bits per heavy atom. The molecule has 0 radical (unpaired) electrons. The molecule has 0 aliphatic carbocycles. The van der Waals surface area contributed by atoms with E-state index in [1.54, 1.807) is 12.1 Å². The van der Waals surface area contributed by atoms with E-state index in [1.165, 1.54) is 11.8 Å². The van der Waals surface area contributed by atoms with Crippen LogP contribution in [0, 0.1) is 11.3 Å². The molecular formula is C18H20ClN3O2S. The molecule has 1 aromatic carbocycles. The lowest BCUT2D eigenvalue weighted by atomic mass is 9.87. The Balaban J connectivity index is 2.13. The van der Waals surface area contributed by atoms with E-state index in [9.17, 15) is 14.9 Å². The number of nitrogens with zero attached hydrogens (tertiary/aromatic N) is 1. The Kier molecular flexibility index (Phi) is 7.35. The number of hydrogen-bond donors (Lipinski definition) is 2. The summed E-state index contributed by atoms with van der Waals surface area (Å²) >= 11 is 7.10. The molecule has 0 spiro atoms. The van der Waals surface area contributed by atoms with Gasteiger partial charge in [-0.3, -0.25) is 9.59 Å². The molecule has 0 saturated carbocycles. The molecule has 7 heteroatoms. The molecule has 0 saturated heterocycles. The van der Waals surface area contributed by atoms with Crippen molar-refractivity contribution in [3.8, 4) is 6.07 Å². The van der Waals surface area contributed by atoms with Crippen LogP contribution in [0.15, 0.2) is 34.9 Å². The van der Waals surface area contributed by atoms with Crippen LogP contribution in [0.3, 0.4) is 0 Å². The minimum atomic E-state index is -0.318. The minimum Gasteiger partial charge on any atom is -0.355 e. The lowest BCUT2D eigenvalue weighted by Gasteiger charge is -2.25. The van der Waals surface area contributed by atoms with Crippen molar-refractivity contribution >= 4 is 35.2 Å². The second kappa shape index (κ2) is 9.50. The predicted octanol–water partition coefficient (Wildman–Crippen LogP) is 3.33. The third kappa shape index (κ3) is 5.52. The zero-order valence-electron chi connectivity index (χ0n) is 14.0. The Morgan fingerprint density at radius 2 is 2.16 bits per heavy atom. The monoisotopic (exact) mass is 377 g/mol. The van der Waals surface area contributed by atoms with Crippen LogP contribution >= 0.6 is 23.4 Å². The topological polar surface area (TPSA) is 82.0 Å². The summed E-state index contributed by atoms with van der Waals surface area (Å²) in [6.45, 7) is 2.69. The van der Waals surface area contributed by atoms with Crippen LogP contribution < -0.4 is 10.6 Å². The van der Waals surface area contributed by atoms with E-state index >= 15 is 0 Å². The van der Waals surface area contributed by atoms with E-state index in [0.29, 0.717) is 22.2 Å². The average Bonchev–Trinajstić information content (AvgIpc) is 2.60. The van der Waals surface area contributed by atoms with Crippen molar-refractivity contribution in [2.75, 3.05) is 12.3 Å². The number of amides is 2. The number of carbonyl (C=O) groups is 2. The van der Waals surface area contributed by atoms with Crippen molar-refractivity contribution in [3.05, 3.63) is 45.5 Å². The van der Waals surface area contributed by atoms with Crippen LogP contribution in [0.4, 0.5) is 0 Å². The highest BCUT2D eigenvalue weighted by molar-refractivity contribution is 8.03. The number of benzene rings is 1. The molecule has 5 nitrogen and oxygen atoms in total. The van der Waals surface area contributed by atoms with Crippen LogP contribution in [0.1, 0.15) is 37.7 Å². The number of nitrogens with one attached hydrogen (secondary N) is 2. The van der Waals surface area contributed by atoms with Gasteiger partial charge in [-0.15, -0.1) is 0 Å². The van der Waals surface area contributed by atoms with E-state index in [0.717, 1.165) is 18.4 Å². The fourth-order valence-electron chi connectivity index (χ4n) is 2.51. The highest BCUT2D eigenvalue weighted by Crippen LogP contribution is 2.36. The maximum Gasteiger partial charge on any atom is 0.230 e. The number of halogens is 1. The molecule has 1 atom stereocenters. The molecule has 1 heterocycles. The van der Waals surface area contributed by atoms with E-state index in [2.05, 4.69) is 23.6 Å². The lowest BCUT2D eigenvalue weighted by Crippen LogP contribution is -2.32. The quantitative estimate of drug-likeness (QED) is 0.714. The van der Waals surface area contributed by atoms with Gasteiger partial charge in [0, 0.05) is 23.9 Å². The number of carbonyl (C=O) groups excluding carboxylic acids is 2. The molecule has 132 valence electrons. The number of hydrogen-bond acceptors (Lipinski definition) is 4. The number of thioether (sulfide) groups is 1. The highest BCUT2D eigenvalue weighted by Gasteiger charge is 2.29. The zero-order valence-corrected chi connectivity index (χ0v) is 15.5. The van der Waals surface area contributed by atoms with E-state index in [4.69, 9.17) is 11.6 Å². The van der Waals surface area contributed by atoms with Crippen LogP contribution in [0.25, 0.3) is 0 Å². The van der Waals surface area contributed by atoms with Gasteiger partial charge in [-0.2, -0.15) is 5.26 Å². The maximum absolute atomic E-state index is 12.0. The molecule has 2 N–H and O–H groups in total. The molecule has 2 rings (SSSR count). The predicted molar refractivity (Wildman–Crippen MR) is 100.0 cm³/mol. The average molecular weight is 378 g/mol. The van der Waals surface area contributed by atoms with Crippen LogP contribution in [0.5, 0.6) is 0 Å². The zero-order chi connectivity index (χ0) is 18.2. The Bertz CT molecular complexity index is 710. The normalized spacial score (nSPS) is 17.0. The second-order valence-corrected chi connectivity index (χ2v) is 7.13. The summed E-state index contributed by atoms with van der Waals surface area (Å²) in [6, 6.07) is 9.32. The molecule has 0 bridgehead atoms. The molecule has 0 aromatic heterocycles. The van der Waals surface area contributed by atoms with Gasteiger partial charge < -0.3 is 10.6 Å². The van der Waals surface area contributed by atoms with Crippen LogP contribution in [0.2, 0.25) is 5.02 Å². The first kappa shape index (κ1) is 19.4. The summed E-state index contributed by atoms with van der Waals surface area (Å²) in [5.74, 6) is -0.418. The Labute approximate surface area is 156 Å². The van der Waals surface area contributed by atoms with Gasteiger partial charge in [-0.25, -0.2) is 0 Å². The minimum absolute atomic E-state index is 0.105. The van der Waals surface area contributed by atoms with Crippen molar-refractivity contribution in [3.63, 3.8) is 0 Å². The van der Waals surface area contributed by atoms with Gasteiger partial charge in [-0.05, 0) is 24.1 Å². The van der Waals surface area contributed by atoms with Crippen molar-refractivity contribution in [1.82, 2.24) is 10.6 Å². The molecule has 2 amide bonds. The third-order valence-corrected chi connectivity index (χ3v) is 5.10. The summed E-state index contributed by atoms with van der Waals surface area (Å²) in [4.78, 5) is 23.9. The largest absolute Gasteiger partial charge is 0.355 e. The standard InChI is InChI=1S/C18H20ClN3O2S/c1-2-3-8-21-17(24)11-25-18-15(10-20)14(9-16(23)22-18)12-4-6-13(19)7-5-12/h4-7,14H,2-3,8-9,11H2,1H3,(H,21,24)(H,22,23)/t14-/m1/s1. The van der Waals surface area contributed by atoms with Crippen LogP contribution in [-0.4, -0.2) is 24.1 Å². The van der Waals surface area contributed by atoms with Crippen molar-refractivity contribution in [2.24, 2.45) is 0 Å². The molecule has 1 aliphatic heterocycles. The summed E-state index contributed by atoms with van der Waals surface area (Å²) in [7, 11) is 0. The summed E-state index contributed by atoms with van der Waals surface area (Å²) in [6.07, 6.45) is 2.14. The van der Waals surface area contributed by atoms with Gasteiger partial charge in [0.05, 0.1) is 22.4 Å². The van der Waals surface area contributed by atoms with Gasteiger partial charge in [-0.1, -0.05) is 48.8 Å². The number of unbranched alkanes of at least 4 members (excludes halogenated alkanes) is 1. The van der Waals surface area contributed by atoms with Crippen molar-refractivity contribution in [2.45, 2.75) is 32.1 Å². The van der Waals surface area contributed by atoms with Gasteiger partial charge >= 0.3 is 0 Å². The van der Waals surface area contributed by atoms with Gasteiger partial charge in [0.2, 0.25) is 11.8 Å². The highest BCUT2D eigenvalue weighted by atomic mass is 35.5. The lowest BCUT2D eigenvalue weighted by molar-refractivity contribution is -0.121. The first-order valence-electron chi connectivity index (χ1n) is 8.14. The SMILES string of the molecule is CCCCNC(=O)CSC1=C(C#N)[C@@H](c2ccc(Cl)cc2)CC(=O)N1. The second-order valence-electron chi connectivity index (χ2n) is 5.70. The first-order valence-corrected chi connectivity index (χ1v) is 9.50. The number of rotatable bonds is 7. The smallest absolute Gasteiger partial charge is 0.230 e. The Morgan fingerprint density at radius 1 is 1.44 bits per heavy atom. The van der Waals surface area contributed by atoms with Gasteiger partial charge in [0.1, 0.15) is 0 Å². The molecule has 25 heavy (non-hydrogen) atoms. The number of nitriles is 1. The van der Waals surface area contributed by atoms with Crippen molar-refractivity contribution in [1.29, 1.82) is 5.26 Å². The van der Waals surface area contributed by atoms with Gasteiger partial charge in [0.25, 0.3) is 0 Å². The maximum atomic E-state index is 12.0. The molecule has 0 fully saturated rings. The molecular weight excluding hydrogens is 358 g/mol. The summed E-state index contributed by atoms with van der Waals surface area (Å²) in [5, 5.41) is 16.2. The van der Waals surface area contributed by atoms with E-state index in [-0.39, 0.29) is 29.9 Å². The van der Waals surface area contributed by atoms with Crippen LogP contribution in [-0.2, 0) is 9.59 Å². The van der Waals surface area contributed by atoms with Gasteiger partial charge in [0.15, 0.2) is 0 Å². The summed E-state index contributed by atoms with van der Waals surface area (Å²) in [5.41, 5.74) is 1.34. The molecule has 1 aromatic rings. The fourth-order valence-corrected chi connectivity index (χ4v) is 3.54.